The van der Waals surface area contributed by atoms with Gasteiger partial charge < -0.3 is 10.1 Å². The van der Waals surface area contributed by atoms with Gasteiger partial charge in [-0.3, -0.25) is 0 Å². The molecule has 102 valence electrons. The minimum atomic E-state index is 0.266. The van der Waals surface area contributed by atoms with Crippen LogP contribution in [-0.2, 0) is 6.42 Å². The fraction of sp³-hybridized carbons (Fsp3) is 0.600. The van der Waals surface area contributed by atoms with Crippen molar-refractivity contribution in [2.45, 2.75) is 39.7 Å². The van der Waals surface area contributed by atoms with Gasteiger partial charge in [0.05, 0.1) is 7.11 Å². The predicted octanol–water partition coefficient (Wildman–Crippen LogP) is 4.02. The highest BCUT2D eigenvalue weighted by Gasteiger charge is 2.27. The van der Waals surface area contributed by atoms with Gasteiger partial charge in [-0.05, 0) is 49.1 Å². The van der Waals surface area contributed by atoms with Gasteiger partial charge in [-0.2, -0.15) is 0 Å². The van der Waals surface area contributed by atoms with Gasteiger partial charge in [-0.1, -0.05) is 36.7 Å². The second kappa shape index (κ2) is 6.58. The zero-order chi connectivity index (χ0) is 13.8. The zero-order valence-corrected chi connectivity index (χ0v) is 13.6. The molecule has 0 spiro atoms. The van der Waals surface area contributed by atoms with Crippen LogP contribution in [0, 0.1) is 5.41 Å². The standard InChI is InChI=1S/C15H24BrNO/c1-6-15(2,3)14(17-4)10-11-9-12(16)7-8-13(11)18-5/h7-9,14,17H,6,10H2,1-5H3. The number of rotatable bonds is 6. The largest absolute Gasteiger partial charge is 0.496 e. The Morgan fingerprint density at radius 2 is 2.06 bits per heavy atom. The molecule has 2 nitrogen and oxygen atoms in total. The summed E-state index contributed by atoms with van der Waals surface area (Å²) in [5, 5.41) is 3.44. The molecule has 1 rings (SSSR count). The number of hydrogen-bond donors (Lipinski definition) is 1. The molecule has 1 aromatic carbocycles. The summed E-state index contributed by atoms with van der Waals surface area (Å²) >= 11 is 3.53. The number of likely N-dealkylation sites (N-methyl/N-ethyl adjacent to an activating group) is 1. The van der Waals surface area contributed by atoms with E-state index in [1.54, 1.807) is 7.11 Å². The van der Waals surface area contributed by atoms with Crippen molar-refractivity contribution < 1.29 is 4.74 Å². The van der Waals surface area contributed by atoms with E-state index in [1.165, 1.54) is 5.56 Å². The van der Waals surface area contributed by atoms with E-state index in [0.29, 0.717) is 6.04 Å². The van der Waals surface area contributed by atoms with E-state index in [9.17, 15) is 0 Å². The highest BCUT2D eigenvalue weighted by atomic mass is 79.9. The number of halogens is 1. The van der Waals surface area contributed by atoms with Crippen LogP contribution in [0.25, 0.3) is 0 Å². The van der Waals surface area contributed by atoms with Gasteiger partial charge in [0.2, 0.25) is 0 Å². The Kier molecular flexibility index (Phi) is 5.67. The first kappa shape index (κ1) is 15.5. The lowest BCUT2D eigenvalue weighted by molar-refractivity contribution is 0.239. The van der Waals surface area contributed by atoms with Crippen molar-refractivity contribution in [3.63, 3.8) is 0 Å². The number of benzene rings is 1. The van der Waals surface area contributed by atoms with E-state index in [1.807, 2.05) is 19.2 Å². The Labute approximate surface area is 119 Å². The van der Waals surface area contributed by atoms with E-state index in [4.69, 9.17) is 4.74 Å². The molecule has 0 saturated heterocycles. The molecule has 0 fully saturated rings. The van der Waals surface area contributed by atoms with E-state index in [0.717, 1.165) is 23.1 Å². The van der Waals surface area contributed by atoms with Crippen LogP contribution in [0.1, 0.15) is 32.8 Å². The number of ether oxygens (including phenoxy) is 1. The number of methoxy groups -OCH3 is 1. The molecule has 0 radical (unpaired) electrons. The van der Waals surface area contributed by atoms with Gasteiger partial charge in [0.25, 0.3) is 0 Å². The van der Waals surface area contributed by atoms with Gasteiger partial charge >= 0.3 is 0 Å². The molecule has 0 aliphatic heterocycles. The molecular weight excluding hydrogens is 290 g/mol. The summed E-state index contributed by atoms with van der Waals surface area (Å²) in [5.74, 6) is 0.963. The van der Waals surface area contributed by atoms with Crippen molar-refractivity contribution in [3.05, 3.63) is 28.2 Å². The van der Waals surface area contributed by atoms with Crippen molar-refractivity contribution in [2.75, 3.05) is 14.2 Å². The van der Waals surface area contributed by atoms with Crippen LogP contribution in [0.4, 0.5) is 0 Å². The number of nitrogens with one attached hydrogen (secondary N) is 1. The normalized spacial score (nSPS) is 13.4. The van der Waals surface area contributed by atoms with Crippen molar-refractivity contribution in [2.24, 2.45) is 5.41 Å². The molecule has 0 aliphatic carbocycles. The van der Waals surface area contributed by atoms with Crippen molar-refractivity contribution >= 4 is 15.9 Å². The monoisotopic (exact) mass is 313 g/mol. The molecule has 0 amide bonds. The Morgan fingerprint density at radius 1 is 1.39 bits per heavy atom. The highest BCUT2D eigenvalue weighted by molar-refractivity contribution is 9.10. The lowest BCUT2D eigenvalue weighted by atomic mass is 9.79. The number of hydrogen-bond acceptors (Lipinski definition) is 2. The summed E-state index contributed by atoms with van der Waals surface area (Å²) in [6.45, 7) is 6.85. The first-order valence-electron chi connectivity index (χ1n) is 6.44. The molecule has 0 heterocycles. The average Bonchev–Trinajstić information content (AvgIpc) is 2.35. The molecule has 0 bridgehead atoms. The third kappa shape index (κ3) is 3.72. The van der Waals surface area contributed by atoms with Crippen LogP contribution in [0.2, 0.25) is 0 Å². The van der Waals surface area contributed by atoms with Gasteiger partial charge in [-0.15, -0.1) is 0 Å². The molecule has 1 N–H and O–H groups in total. The van der Waals surface area contributed by atoms with E-state index in [2.05, 4.69) is 48.1 Å². The molecule has 1 unspecified atom stereocenters. The van der Waals surface area contributed by atoms with Crippen LogP contribution in [0.5, 0.6) is 5.75 Å². The first-order valence-corrected chi connectivity index (χ1v) is 7.23. The third-order valence-corrected chi connectivity index (χ3v) is 4.36. The van der Waals surface area contributed by atoms with E-state index >= 15 is 0 Å². The van der Waals surface area contributed by atoms with Gasteiger partial charge in [0.1, 0.15) is 5.75 Å². The summed E-state index contributed by atoms with van der Waals surface area (Å²) in [5.41, 5.74) is 1.51. The summed E-state index contributed by atoms with van der Waals surface area (Å²) in [6, 6.07) is 6.62. The van der Waals surface area contributed by atoms with Crippen molar-refractivity contribution in [1.82, 2.24) is 5.32 Å². The third-order valence-electron chi connectivity index (χ3n) is 3.87. The second-order valence-electron chi connectivity index (χ2n) is 5.34. The predicted molar refractivity (Wildman–Crippen MR) is 81.3 cm³/mol. The molecule has 18 heavy (non-hydrogen) atoms. The first-order chi connectivity index (χ1) is 8.44. The minimum Gasteiger partial charge on any atom is -0.496 e. The van der Waals surface area contributed by atoms with Gasteiger partial charge in [0.15, 0.2) is 0 Å². The Balaban J connectivity index is 2.97. The van der Waals surface area contributed by atoms with Crippen LogP contribution in [0.3, 0.4) is 0 Å². The molecule has 0 aliphatic rings. The summed E-state index contributed by atoms with van der Waals surface area (Å²) in [6.07, 6.45) is 2.12. The second-order valence-corrected chi connectivity index (χ2v) is 6.26. The quantitative estimate of drug-likeness (QED) is 0.856. The smallest absolute Gasteiger partial charge is 0.122 e. The minimum absolute atomic E-state index is 0.266. The van der Waals surface area contributed by atoms with Crippen LogP contribution >= 0.6 is 15.9 Å². The Bertz CT molecular complexity index is 390. The fourth-order valence-electron chi connectivity index (χ4n) is 2.14. The van der Waals surface area contributed by atoms with Crippen LogP contribution in [-0.4, -0.2) is 20.2 Å². The van der Waals surface area contributed by atoms with Crippen LogP contribution < -0.4 is 10.1 Å². The Morgan fingerprint density at radius 3 is 2.56 bits per heavy atom. The SMILES string of the molecule is CCC(C)(C)C(Cc1cc(Br)ccc1OC)NC. The van der Waals surface area contributed by atoms with Crippen molar-refractivity contribution in [1.29, 1.82) is 0 Å². The zero-order valence-electron chi connectivity index (χ0n) is 12.0. The molecule has 0 saturated carbocycles. The lowest BCUT2D eigenvalue weighted by Crippen LogP contribution is -2.41. The highest BCUT2D eigenvalue weighted by Crippen LogP contribution is 2.31. The summed E-state index contributed by atoms with van der Waals surface area (Å²) in [7, 11) is 3.76. The maximum atomic E-state index is 5.44. The maximum Gasteiger partial charge on any atom is 0.122 e. The summed E-state index contributed by atoms with van der Waals surface area (Å²) in [4.78, 5) is 0. The topological polar surface area (TPSA) is 21.3 Å². The summed E-state index contributed by atoms with van der Waals surface area (Å²) < 4.78 is 6.54. The van der Waals surface area contributed by atoms with E-state index in [-0.39, 0.29) is 5.41 Å². The lowest BCUT2D eigenvalue weighted by Gasteiger charge is -2.33. The Hall–Kier alpha value is -0.540. The molecule has 3 heteroatoms. The van der Waals surface area contributed by atoms with E-state index < -0.39 is 0 Å². The maximum absolute atomic E-state index is 5.44. The van der Waals surface area contributed by atoms with Gasteiger partial charge in [0, 0.05) is 10.5 Å². The molecular formula is C15H24BrNO. The fourth-order valence-corrected chi connectivity index (χ4v) is 2.55. The van der Waals surface area contributed by atoms with Crippen LogP contribution in [0.15, 0.2) is 22.7 Å². The van der Waals surface area contributed by atoms with Gasteiger partial charge in [-0.25, -0.2) is 0 Å². The molecule has 1 aromatic rings. The average molecular weight is 314 g/mol. The molecule has 0 aromatic heterocycles. The van der Waals surface area contributed by atoms with Crippen molar-refractivity contribution in [3.8, 4) is 5.75 Å². The molecule has 1 atom stereocenters.